The minimum atomic E-state index is -4.56. The summed E-state index contributed by atoms with van der Waals surface area (Å²) >= 11 is 0.951. The zero-order valence-corrected chi connectivity index (χ0v) is 12.9. The van der Waals surface area contributed by atoms with Crippen LogP contribution >= 0.6 is 11.7 Å². The number of rotatable bonds is 1. The van der Waals surface area contributed by atoms with E-state index in [2.05, 4.69) is 8.75 Å². The number of aromatic amines is 2. The van der Waals surface area contributed by atoms with E-state index in [1.54, 1.807) is 18.2 Å². The molecule has 1 aromatic heterocycles. The molecule has 4 rings (SSSR count). The summed E-state index contributed by atoms with van der Waals surface area (Å²) < 4.78 is 38.1. The summed E-state index contributed by atoms with van der Waals surface area (Å²) in [6.45, 7) is 0. The van der Waals surface area contributed by atoms with Crippen LogP contribution in [0, 0.1) is 0 Å². The number of fused-ring (bicyclic) bond motifs is 4. The highest BCUT2D eigenvalue weighted by molar-refractivity contribution is 7.86. The first-order valence-electron chi connectivity index (χ1n) is 6.44. The summed E-state index contributed by atoms with van der Waals surface area (Å²) in [6, 6.07) is 7.39. The molecule has 0 saturated carbocycles. The first kappa shape index (κ1) is 14.1. The number of H-pyrrole nitrogens is 2. The molecule has 9 heteroatoms. The van der Waals surface area contributed by atoms with Gasteiger partial charge < -0.3 is 0 Å². The Morgan fingerprint density at radius 1 is 0.913 bits per heavy atom. The SMILES string of the molecule is O=c1c2ccccc2c(=O)c2c1cc(S(=O)(=O)O)c1[nH]s[nH]c12. The number of hydrogen-bond donors (Lipinski definition) is 3. The van der Waals surface area contributed by atoms with Gasteiger partial charge in [0.25, 0.3) is 10.1 Å². The first-order valence-corrected chi connectivity index (χ1v) is 8.70. The zero-order chi connectivity index (χ0) is 16.4. The fourth-order valence-electron chi connectivity index (χ4n) is 2.77. The number of aromatic nitrogens is 2. The van der Waals surface area contributed by atoms with Gasteiger partial charge in [-0.2, -0.15) is 8.42 Å². The fraction of sp³-hybridized carbons (Fsp3) is 0. The predicted molar refractivity (Wildman–Crippen MR) is 87.9 cm³/mol. The molecule has 0 saturated heterocycles. The van der Waals surface area contributed by atoms with Crippen molar-refractivity contribution in [3.8, 4) is 0 Å². The smallest absolute Gasteiger partial charge is 0.294 e. The van der Waals surface area contributed by atoms with Gasteiger partial charge in [0, 0.05) is 27.9 Å². The van der Waals surface area contributed by atoms with Crippen LogP contribution in [0.25, 0.3) is 32.6 Å². The standard InChI is InChI=1S/C14H8N2O5S2/c17-13-6-3-1-2-4-7(6)14(18)10-8(13)5-9(23(19,20)21)11-12(10)16-22-15-11/h1-5,15-16H,(H,19,20,21). The molecule has 0 amide bonds. The van der Waals surface area contributed by atoms with Crippen LogP contribution in [0.3, 0.4) is 0 Å². The van der Waals surface area contributed by atoms with E-state index in [0.29, 0.717) is 0 Å². The second-order valence-corrected chi connectivity index (χ2v) is 7.03. The van der Waals surface area contributed by atoms with E-state index < -0.39 is 20.4 Å². The van der Waals surface area contributed by atoms with E-state index in [9.17, 15) is 22.6 Å². The summed E-state index contributed by atoms with van der Waals surface area (Å²) in [5, 5.41) is 0.542. The first-order chi connectivity index (χ1) is 10.9. The minimum Gasteiger partial charge on any atom is -0.294 e. The number of benzene rings is 3. The van der Waals surface area contributed by atoms with Crippen LogP contribution in [-0.2, 0) is 10.1 Å². The van der Waals surface area contributed by atoms with Gasteiger partial charge in [-0.1, -0.05) is 24.3 Å². The van der Waals surface area contributed by atoms with Crippen molar-refractivity contribution >= 4 is 54.4 Å². The summed E-state index contributed by atoms with van der Waals surface area (Å²) in [4.78, 5) is 24.9. The molecule has 23 heavy (non-hydrogen) atoms. The van der Waals surface area contributed by atoms with Gasteiger partial charge in [0.05, 0.1) is 16.4 Å². The van der Waals surface area contributed by atoms with Crippen molar-refractivity contribution < 1.29 is 13.0 Å². The number of nitrogens with one attached hydrogen (secondary N) is 2. The maximum atomic E-state index is 12.7. The van der Waals surface area contributed by atoms with Gasteiger partial charge in [-0.15, -0.1) is 0 Å². The Balaban J connectivity index is 2.45. The van der Waals surface area contributed by atoms with Crippen LogP contribution in [0.2, 0.25) is 0 Å². The van der Waals surface area contributed by atoms with Crippen LogP contribution < -0.4 is 10.9 Å². The Bertz CT molecular complexity index is 1330. The van der Waals surface area contributed by atoms with Gasteiger partial charge in [-0.3, -0.25) is 22.9 Å². The van der Waals surface area contributed by atoms with Crippen LogP contribution in [0.15, 0.2) is 44.8 Å². The highest BCUT2D eigenvalue weighted by Gasteiger charge is 2.22. The van der Waals surface area contributed by atoms with Crippen LogP contribution in [-0.4, -0.2) is 21.7 Å². The predicted octanol–water partition coefficient (Wildman–Crippen LogP) is 1.83. The van der Waals surface area contributed by atoms with Crippen LogP contribution in [0.4, 0.5) is 0 Å². The molecular weight excluding hydrogens is 340 g/mol. The molecule has 3 aromatic carbocycles. The van der Waals surface area contributed by atoms with Crippen molar-refractivity contribution in [1.29, 1.82) is 0 Å². The van der Waals surface area contributed by atoms with Gasteiger partial charge >= 0.3 is 0 Å². The molecule has 116 valence electrons. The topological polar surface area (TPSA) is 120 Å². The molecule has 0 fully saturated rings. The second-order valence-electron chi connectivity index (χ2n) is 5.03. The van der Waals surface area contributed by atoms with Crippen molar-refractivity contribution in [3.63, 3.8) is 0 Å². The molecule has 7 nitrogen and oxygen atoms in total. The lowest BCUT2D eigenvalue weighted by molar-refractivity contribution is 0.484. The number of hydrogen-bond acceptors (Lipinski definition) is 5. The fourth-order valence-corrected chi connectivity index (χ4v) is 4.18. The maximum absolute atomic E-state index is 12.7. The molecule has 3 N–H and O–H groups in total. The summed E-state index contributed by atoms with van der Waals surface area (Å²) in [5.41, 5.74) is -0.573. The Hall–Kier alpha value is -2.49. The second kappa shape index (κ2) is 4.51. The Morgan fingerprint density at radius 3 is 2.17 bits per heavy atom. The monoisotopic (exact) mass is 348 g/mol. The van der Waals surface area contributed by atoms with Crippen molar-refractivity contribution in [2.75, 3.05) is 0 Å². The lowest BCUT2D eigenvalue weighted by Crippen LogP contribution is -2.14. The average Bonchev–Trinajstić information content (AvgIpc) is 2.99. The maximum Gasteiger partial charge on any atom is 0.296 e. The van der Waals surface area contributed by atoms with E-state index in [4.69, 9.17) is 0 Å². The minimum absolute atomic E-state index is 0.0446. The lowest BCUT2D eigenvalue weighted by Gasteiger charge is -2.05. The molecule has 0 aliphatic heterocycles. The van der Waals surface area contributed by atoms with Crippen LogP contribution in [0.1, 0.15) is 0 Å². The van der Waals surface area contributed by atoms with Gasteiger partial charge in [-0.25, -0.2) is 0 Å². The zero-order valence-electron chi connectivity index (χ0n) is 11.3. The van der Waals surface area contributed by atoms with Gasteiger partial charge in [0.1, 0.15) is 4.90 Å². The molecule has 1 heterocycles. The van der Waals surface area contributed by atoms with E-state index in [1.165, 1.54) is 6.07 Å². The third-order valence-electron chi connectivity index (χ3n) is 3.76. The third kappa shape index (κ3) is 1.87. The van der Waals surface area contributed by atoms with E-state index in [-0.39, 0.29) is 38.0 Å². The largest absolute Gasteiger partial charge is 0.296 e. The van der Waals surface area contributed by atoms with Crippen molar-refractivity contribution in [2.24, 2.45) is 0 Å². The molecule has 0 aliphatic carbocycles. The van der Waals surface area contributed by atoms with Gasteiger partial charge in [0.2, 0.25) is 0 Å². The molecule has 0 spiro atoms. The molecule has 0 radical (unpaired) electrons. The summed E-state index contributed by atoms with van der Waals surface area (Å²) in [7, 11) is -4.56. The molecule has 0 aliphatic rings. The Morgan fingerprint density at radius 2 is 1.52 bits per heavy atom. The van der Waals surface area contributed by atoms with E-state index >= 15 is 0 Å². The molecule has 4 aromatic rings. The highest BCUT2D eigenvalue weighted by atomic mass is 32.2. The Labute approximate surface area is 132 Å². The molecular formula is C14H8N2O5S2. The van der Waals surface area contributed by atoms with E-state index in [1.807, 2.05) is 0 Å². The molecule has 0 atom stereocenters. The highest BCUT2D eigenvalue weighted by Crippen LogP contribution is 2.28. The quantitative estimate of drug-likeness (QED) is 0.358. The van der Waals surface area contributed by atoms with Crippen molar-refractivity contribution in [3.05, 3.63) is 50.8 Å². The Kier molecular flexibility index (Phi) is 2.77. The van der Waals surface area contributed by atoms with E-state index in [0.717, 1.165) is 17.8 Å². The summed E-state index contributed by atoms with van der Waals surface area (Å²) in [5.74, 6) is 0. The molecule has 0 unspecified atom stereocenters. The lowest BCUT2D eigenvalue weighted by atomic mass is 10.0. The normalized spacial score (nSPS) is 12.4. The third-order valence-corrected chi connectivity index (χ3v) is 5.25. The van der Waals surface area contributed by atoms with Gasteiger partial charge in [-0.05, 0) is 6.07 Å². The van der Waals surface area contributed by atoms with Gasteiger partial charge in [0.15, 0.2) is 10.9 Å². The average molecular weight is 348 g/mol. The van der Waals surface area contributed by atoms with Crippen molar-refractivity contribution in [2.45, 2.75) is 4.90 Å². The summed E-state index contributed by atoms with van der Waals surface area (Å²) in [6.07, 6.45) is 0. The van der Waals surface area contributed by atoms with Crippen LogP contribution in [0.5, 0.6) is 0 Å². The molecule has 0 bridgehead atoms. The van der Waals surface area contributed by atoms with Crippen molar-refractivity contribution in [1.82, 2.24) is 8.75 Å².